The van der Waals surface area contributed by atoms with Gasteiger partial charge in [-0.3, -0.25) is 0 Å². The highest BCUT2D eigenvalue weighted by molar-refractivity contribution is 7.92. The van der Waals surface area contributed by atoms with E-state index >= 15 is 0 Å². The van der Waals surface area contributed by atoms with Crippen LogP contribution in [0.1, 0.15) is 32.6 Å². The van der Waals surface area contributed by atoms with Crippen LogP contribution in [0.15, 0.2) is 0 Å². The van der Waals surface area contributed by atoms with Crippen LogP contribution in [0.3, 0.4) is 0 Å². The molecule has 0 radical (unpaired) electrons. The number of nitrogens with two attached hydrogens (primary N) is 1. The molecule has 0 aromatic carbocycles. The first kappa shape index (κ1) is 14.7. The fourth-order valence-corrected chi connectivity index (χ4v) is 6.22. The van der Waals surface area contributed by atoms with Crippen molar-refractivity contribution in [2.24, 2.45) is 5.73 Å². The molecule has 3 fully saturated rings. The maximum Gasteiger partial charge on any atom is 0.169 e. The molecule has 7 heteroatoms. The van der Waals surface area contributed by atoms with Gasteiger partial charge in [-0.25, -0.2) is 8.42 Å². The SMILES string of the molecule is CC1OCCC1S(=O)(=O)C1CC2(CCC1N)OCCO2. The quantitative estimate of drug-likeness (QED) is 0.784. The predicted molar refractivity (Wildman–Crippen MR) is 73.0 cm³/mol. The van der Waals surface area contributed by atoms with Crippen LogP contribution in [0.4, 0.5) is 0 Å². The zero-order chi connectivity index (χ0) is 14.4. The van der Waals surface area contributed by atoms with Crippen LogP contribution in [0.5, 0.6) is 0 Å². The van der Waals surface area contributed by atoms with E-state index in [1.165, 1.54) is 0 Å². The molecule has 20 heavy (non-hydrogen) atoms. The lowest BCUT2D eigenvalue weighted by Crippen LogP contribution is -2.54. The van der Waals surface area contributed by atoms with Gasteiger partial charge in [-0.05, 0) is 19.8 Å². The van der Waals surface area contributed by atoms with Crippen molar-refractivity contribution in [3.05, 3.63) is 0 Å². The standard InChI is InChI=1S/C13H23NO5S/c1-9-11(3-5-17-9)20(15,16)12-8-13(4-2-10(12)14)18-6-7-19-13/h9-12H,2-8,14H2,1H3. The number of hydrogen-bond donors (Lipinski definition) is 1. The lowest BCUT2D eigenvalue weighted by Gasteiger charge is -2.40. The Labute approximate surface area is 119 Å². The summed E-state index contributed by atoms with van der Waals surface area (Å²) in [4.78, 5) is 0. The van der Waals surface area contributed by atoms with Crippen molar-refractivity contribution in [3.63, 3.8) is 0 Å². The molecule has 0 aromatic rings. The van der Waals surface area contributed by atoms with Crippen LogP contribution in [0.25, 0.3) is 0 Å². The van der Waals surface area contributed by atoms with Crippen molar-refractivity contribution >= 4 is 9.84 Å². The first-order valence-electron chi connectivity index (χ1n) is 7.32. The lowest BCUT2D eigenvalue weighted by molar-refractivity contribution is -0.177. The molecule has 2 heterocycles. The molecule has 0 amide bonds. The fraction of sp³-hybridized carbons (Fsp3) is 1.00. The third kappa shape index (κ3) is 2.39. The second kappa shape index (κ2) is 5.21. The monoisotopic (exact) mass is 305 g/mol. The van der Waals surface area contributed by atoms with Gasteiger partial charge in [-0.2, -0.15) is 0 Å². The molecule has 2 N–H and O–H groups in total. The Morgan fingerprint density at radius 1 is 1.10 bits per heavy atom. The third-order valence-corrected chi connectivity index (χ3v) is 7.64. The Kier molecular flexibility index (Phi) is 3.83. The van der Waals surface area contributed by atoms with E-state index in [9.17, 15) is 8.42 Å². The second-order valence-corrected chi connectivity index (χ2v) is 8.43. The van der Waals surface area contributed by atoms with E-state index < -0.39 is 26.1 Å². The Morgan fingerprint density at radius 2 is 1.80 bits per heavy atom. The molecular weight excluding hydrogens is 282 g/mol. The van der Waals surface area contributed by atoms with Crippen molar-refractivity contribution in [1.29, 1.82) is 0 Å². The number of ether oxygens (including phenoxy) is 3. The van der Waals surface area contributed by atoms with E-state index in [-0.39, 0.29) is 12.1 Å². The van der Waals surface area contributed by atoms with Crippen molar-refractivity contribution in [1.82, 2.24) is 0 Å². The number of rotatable bonds is 2. The van der Waals surface area contributed by atoms with E-state index in [1.54, 1.807) is 0 Å². The Hall–Kier alpha value is -0.210. The molecule has 1 spiro atoms. The second-order valence-electron chi connectivity index (χ2n) is 6.04. The maximum atomic E-state index is 12.9. The molecule has 1 saturated carbocycles. The van der Waals surface area contributed by atoms with E-state index in [1.807, 2.05) is 6.92 Å². The highest BCUT2D eigenvalue weighted by Gasteiger charge is 2.51. The fourth-order valence-electron chi connectivity index (χ4n) is 3.62. The van der Waals surface area contributed by atoms with Crippen molar-refractivity contribution in [3.8, 4) is 0 Å². The summed E-state index contributed by atoms with van der Waals surface area (Å²) >= 11 is 0. The Balaban J connectivity index is 1.83. The molecule has 2 saturated heterocycles. The summed E-state index contributed by atoms with van der Waals surface area (Å²) in [7, 11) is -3.33. The zero-order valence-electron chi connectivity index (χ0n) is 11.8. The number of sulfone groups is 1. The molecule has 2 aliphatic heterocycles. The minimum atomic E-state index is -3.33. The Morgan fingerprint density at radius 3 is 2.40 bits per heavy atom. The van der Waals surface area contributed by atoms with Crippen LogP contribution in [0, 0.1) is 0 Å². The molecule has 3 rings (SSSR count). The van der Waals surface area contributed by atoms with Gasteiger partial charge in [-0.1, -0.05) is 0 Å². The molecule has 6 nitrogen and oxygen atoms in total. The van der Waals surface area contributed by atoms with Crippen LogP contribution in [-0.2, 0) is 24.0 Å². The summed E-state index contributed by atoms with van der Waals surface area (Å²) in [6.07, 6.45) is 1.94. The highest BCUT2D eigenvalue weighted by Crippen LogP contribution is 2.40. The van der Waals surface area contributed by atoms with Gasteiger partial charge in [0, 0.05) is 25.5 Å². The van der Waals surface area contributed by atoms with Gasteiger partial charge >= 0.3 is 0 Å². The molecule has 3 aliphatic rings. The van der Waals surface area contributed by atoms with Gasteiger partial charge in [0.15, 0.2) is 15.6 Å². The number of hydrogen-bond acceptors (Lipinski definition) is 6. The molecule has 116 valence electrons. The van der Waals surface area contributed by atoms with Crippen molar-refractivity contribution < 1.29 is 22.6 Å². The van der Waals surface area contributed by atoms with E-state index in [2.05, 4.69) is 0 Å². The minimum absolute atomic E-state index is 0.254. The Bertz CT molecular complexity index is 459. The summed E-state index contributed by atoms with van der Waals surface area (Å²) in [5.74, 6) is -0.726. The summed E-state index contributed by atoms with van der Waals surface area (Å²) in [5.41, 5.74) is 6.10. The summed E-state index contributed by atoms with van der Waals surface area (Å²) < 4.78 is 42.5. The summed E-state index contributed by atoms with van der Waals surface area (Å²) in [6.45, 7) is 3.39. The van der Waals surface area contributed by atoms with Crippen LogP contribution in [0.2, 0.25) is 0 Å². The predicted octanol–water partition coefficient (Wildman–Crippen LogP) is 0.202. The molecule has 4 atom stereocenters. The maximum absolute atomic E-state index is 12.9. The minimum Gasteiger partial charge on any atom is -0.377 e. The van der Waals surface area contributed by atoms with E-state index in [4.69, 9.17) is 19.9 Å². The van der Waals surface area contributed by atoms with Gasteiger partial charge < -0.3 is 19.9 Å². The molecule has 4 unspecified atom stereocenters. The van der Waals surface area contributed by atoms with Gasteiger partial charge in [-0.15, -0.1) is 0 Å². The van der Waals surface area contributed by atoms with Crippen LogP contribution >= 0.6 is 0 Å². The average Bonchev–Trinajstić information content (AvgIpc) is 3.02. The highest BCUT2D eigenvalue weighted by atomic mass is 32.2. The molecule has 0 aromatic heterocycles. The zero-order valence-corrected chi connectivity index (χ0v) is 12.6. The van der Waals surface area contributed by atoms with Gasteiger partial charge in [0.25, 0.3) is 0 Å². The summed E-state index contributed by atoms with van der Waals surface area (Å²) in [6, 6.07) is -0.341. The van der Waals surface area contributed by atoms with Crippen molar-refractivity contribution in [2.45, 2.75) is 61.0 Å². The summed E-state index contributed by atoms with van der Waals surface area (Å²) in [5, 5.41) is -1.04. The first-order valence-corrected chi connectivity index (χ1v) is 8.93. The molecule has 0 bridgehead atoms. The van der Waals surface area contributed by atoms with Gasteiger partial charge in [0.1, 0.15) is 0 Å². The first-order chi connectivity index (χ1) is 9.45. The van der Waals surface area contributed by atoms with Crippen LogP contribution < -0.4 is 5.73 Å². The van der Waals surface area contributed by atoms with Crippen molar-refractivity contribution in [2.75, 3.05) is 19.8 Å². The smallest absolute Gasteiger partial charge is 0.169 e. The van der Waals surface area contributed by atoms with E-state index in [0.717, 1.165) is 0 Å². The van der Waals surface area contributed by atoms with E-state index in [0.29, 0.717) is 45.5 Å². The molecular formula is C13H23NO5S. The molecule has 1 aliphatic carbocycles. The topological polar surface area (TPSA) is 87.9 Å². The lowest BCUT2D eigenvalue weighted by atomic mass is 9.90. The third-order valence-electron chi connectivity index (χ3n) is 4.81. The van der Waals surface area contributed by atoms with Gasteiger partial charge in [0.2, 0.25) is 0 Å². The van der Waals surface area contributed by atoms with Crippen LogP contribution in [-0.4, -0.2) is 56.7 Å². The average molecular weight is 305 g/mol. The van der Waals surface area contributed by atoms with Gasteiger partial charge in [0.05, 0.1) is 29.8 Å². The normalized spacial score (nSPS) is 41.3. The largest absolute Gasteiger partial charge is 0.377 e.